The van der Waals surface area contributed by atoms with Gasteiger partial charge in [-0.15, -0.1) is 0 Å². The monoisotopic (exact) mass is 457 g/mol. The summed E-state index contributed by atoms with van der Waals surface area (Å²) in [7, 11) is 1.52. The molecule has 8 heteroatoms. The summed E-state index contributed by atoms with van der Waals surface area (Å²) in [6.45, 7) is 3.56. The van der Waals surface area contributed by atoms with Gasteiger partial charge in [0.25, 0.3) is 11.8 Å². The first-order valence-corrected chi connectivity index (χ1v) is 10.5. The highest BCUT2D eigenvalue weighted by molar-refractivity contribution is 6.11. The highest BCUT2D eigenvalue weighted by atomic mass is 16.5. The number of nitrogens with one attached hydrogen (secondary N) is 2. The van der Waals surface area contributed by atoms with Gasteiger partial charge in [-0.05, 0) is 36.4 Å². The Morgan fingerprint density at radius 1 is 0.853 bits per heavy atom. The van der Waals surface area contributed by atoms with E-state index in [4.69, 9.17) is 9.47 Å². The van der Waals surface area contributed by atoms with Crippen LogP contribution >= 0.6 is 0 Å². The fourth-order valence-corrected chi connectivity index (χ4v) is 3.60. The van der Waals surface area contributed by atoms with Crippen LogP contribution in [0.4, 0.5) is 11.4 Å². The summed E-state index contributed by atoms with van der Waals surface area (Å²) < 4.78 is 10.7. The molecule has 3 amide bonds. The number of para-hydroxylation sites is 2. The first kappa shape index (κ1) is 22.6. The zero-order valence-electron chi connectivity index (χ0n) is 18.5. The van der Waals surface area contributed by atoms with Gasteiger partial charge in [0, 0.05) is 28.2 Å². The maximum atomic E-state index is 12.6. The summed E-state index contributed by atoms with van der Waals surface area (Å²) in [6, 6.07) is 20.8. The van der Waals surface area contributed by atoms with Crippen LogP contribution in [-0.2, 0) is 9.59 Å². The van der Waals surface area contributed by atoms with Crippen LogP contribution in [-0.4, -0.2) is 42.9 Å². The van der Waals surface area contributed by atoms with Crippen molar-refractivity contribution in [2.75, 3.05) is 30.9 Å². The molecule has 3 aromatic rings. The van der Waals surface area contributed by atoms with Crippen molar-refractivity contribution in [2.45, 2.75) is 0 Å². The molecule has 0 aromatic heterocycles. The molecule has 0 aliphatic carbocycles. The van der Waals surface area contributed by atoms with Gasteiger partial charge in [0.05, 0.1) is 7.11 Å². The second-order valence-electron chi connectivity index (χ2n) is 7.50. The Morgan fingerprint density at radius 3 is 2.15 bits per heavy atom. The van der Waals surface area contributed by atoms with Gasteiger partial charge in [0.15, 0.2) is 18.1 Å². The third-order valence-corrected chi connectivity index (χ3v) is 5.20. The summed E-state index contributed by atoms with van der Waals surface area (Å²) in [5.74, 6) is -0.0214. The molecule has 0 saturated heterocycles. The Hall–Kier alpha value is -4.59. The molecule has 4 rings (SSSR count). The van der Waals surface area contributed by atoms with Crippen LogP contribution in [0.15, 0.2) is 79.4 Å². The first-order valence-electron chi connectivity index (χ1n) is 10.5. The molecule has 0 atom stereocenters. The Kier molecular flexibility index (Phi) is 6.59. The normalized spacial score (nSPS) is 12.2. The van der Waals surface area contributed by atoms with Gasteiger partial charge in [0.1, 0.15) is 6.54 Å². The summed E-state index contributed by atoms with van der Waals surface area (Å²) in [5, 5.41) is 5.48. The van der Waals surface area contributed by atoms with E-state index in [2.05, 4.69) is 17.2 Å². The van der Waals surface area contributed by atoms with E-state index < -0.39 is 0 Å². The molecule has 0 fully saturated rings. The second-order valence-corrected chi connectivity index (χ2v) is 7.50. The summed E-state index contributed by atoms with van der Waals surface area (Å²) in [5.41, 5.74) is 2.70. The molecule has 34 heavy (non-hydrogen) atoms. The minimum absolute atomic E-state index is 0.171. The Labute approximate surface area is 196 Å². The minimum Gasteiger partial charge on any atom is -0.493 e. The largest absolute Gasteiger partial charge is 0.493 e. The highest BCUT2D eigenvalue weighted by Crippen LogP contribution is 2.31. The molecule has 0 unspecified atom stereocenters. The SMILES string of the molecule is C=C1c2ccccc2C(=O)N1CC(=O)Nc1cccc(NC(=O)COc2ccccc2OC)c1. The smallest absolute Gasteiger partial charge is 0.262 e. The molecule has 2 N–H and O–H groups in total. The quantitative estimate of drug-likeness (QED) is 0.537. The average Bonchev–Trinajstić information content (AvgIpc) is 3.08. The Balaban J connectivity index is 1.33. The molecule has 1 aliphatic heterocycles. The van der Waals surface area contributed by atoms with E-state index >= 15 is 0 Å². The maximum absolute atomic E-state index is 12.6. The van der Waals surface area contributed by atoms with E-state index in [1.54, 1.807) is 66.7 Å². The van der Waals surface area contributed by atoms with Crippen LogP contribution in [0.3, 0.4) is 0 Å². The molecule has 0 saturated carbocycles. The summed E-state index contributed by atoms with van der Waals surface area (Å²) in [4.78, 5) is 38.9. The van der Waals surface area contributed by atoms with Gasteiger partial charge in [-0.3, -0.25) is 19.3 Å². The fraction of sp³-hybridized carbons (Fsp3) is 0.115. The molecule has 0 radical (unpaired) electrons. The van der Waals surface area contributed by atoms with Gasteiger partial charge in [-0.2, -0.15) is 0 Å². The van der Waals surface area contributed by atoms with Crippen molar-refractivity contribution in [1.82, 2.24) is 4.90 Å². The molecular formula is C26H23N3O5. The number of nitrogens with zero attached hydrogens (tertiary/aromatic N) is 1. The minimum atomic E-state index is -0.384. The molecule has 1 heterocycles. The van der Waals surface area contributed by atoms with Crippen molar-refractivity contribution >= 4 is 34.8 Å². The number of benzene rings is 3. The van der Waals surface area contributed by atoms with E-state index in [-0.39, 0.29) is 30.9 Å². The Bertz CT molecular complexity index is 1240. The molecule has 1 aliphatic rings. The first-order chi connectivity index (χ1) is 16.5. The van der Waals surface area contributed by atoms with E-state index in [1.807, 2.05) is 6.07 Å². The van der Waals surface area contributed by atoms with Gasteiger partial charge < -0.3 is 20.1 Å². The lowest BCUT2D eigenvalue weighted by Gasteiger charge is -2.17. The predicted octanol–water partition coefficient (Wildman–Crippen LogP) is 3.78. The lowest BCUT2D eigenvalue weighted by atomic mass is 10.1. The molecule has 8 nitrogen and oxygen atoms in total. The van der Waals surface area contributed by atoms with Crippen molar-refractivity contribution in [3.05, 3.63) is 90.5 Å². The second kappa shape index (κ2) is 9.91. The van der Waals surface area contributed by atoms with E-state index in [9.17, 15) is 14.4 Å². The van der Waals surface area contributed by atoms with E-state index in [1.165, 1.54) is 12.0 Å². The van der Waals surface area contributed by atoms with Gasteiger partial charge in [0.2, 0.25) is 5.91 Å². The topological polar surface area (TPSA) is 97.0 Å². The van der Waals surface area contributed by atoms with Gasteiger partial charge in [-0.1, -0.05) is 43.0 Å². The molecule has 0 spiro atoms. The van der Waals surface area contributed by atoms with Crippen LogP contribution < -0.4 is 20.1 Å². The van der Waals surface area contributed by atoms with Crippen molar-refractivity contribution in [2.24, 2.45) is 0 Å². The maximum Gasteiger partial charge on any atom is 0.262 e. The number of carbonyl (C=O) groups is 3. The van der Waals surface area contributed by atoms with Crippen LogP contribution in [0.5, 0.6) is 11.5 Å². The van der Waals surface area contributed by atoms with Crippen LogP contribution in [0, 0.1) is 0 Å². The number of anilines is 2. The third kappa shape index (κ3) is 4.91. The lowest BCUT2D eigenvalue weighted by Crippen LogP contribution is -2.32. The van der Waals surface area contributed by atoms with Crippen LogP contribution in [0.2, 0.25) is 0 Å². The van der Waals surface area contributed by atoms with Crippen LogP contribution in [0.25, 0.3) is 5.70 Å². The number of methoxy groups -OCH3 is 1. The molecule has 0 bridgehead atoms. The summed E-state index contributed by atoms with van der Waals surface area (Å²) in [6.07, 6.45) is 0. The standard InChI is InChI=1S/C26H23N3O5/c1-17-20-10-3-4-11-21(20)26(32)29(17)15-24(30)27-18-8-7-9-19(14-18)28-25(31)16-34-23-13-6-5-12-22(23)33-2/h3-14H,1,15-16H2,2H3,(H,27,30)(H,28,31). The van der Waals surface area contributed by atoms with Gasteiger partial charge >= 0.3 is 0 Å². The Morgan fingerprint density at radius 2 is 1.47 bits per heavy atom. The van der Waals surface area contributed by atoms with Crippen molar-refractivity contribution in [3.63, 3.8) is 0 Å². The zero-order valence-corrected chi connectivity index (χ0v) is 18.5. The van der Waals surface area contributed by atoms with E-state index in [0.717, 1.165) is 5.56 Å². The van der Waals surface area contributed by atoms with Crippen molar-refractivity contribution < 1.29 is 23.9 Å². The van der Waals surface area contributed by atoms with E-state index in [0.29, 0.717) is 34.1 Å². The number of ether oxygens (including phenoxy) is 2. The lowest BCUT2D eigenvalue weighted by molar-refractivity contribution is -0.118. The number of rotatable bonds is 8. The molecule has 172 valence electrons. The van der Waals surface area contributed by atoms with Crippen molar-refractivity contribution in [1.29, 1.82) is 0 Å². The molecule has 3 aromatic carbocycles. The number of hydrogen-bond acceptors (Lipinski definition) is 5. The third-order valence-electron chi connectivity index (χ3n) is 5.20. The van der Waals surface area contributed by atoms with Crippen LogP contribution in [0.1, 0.15) is 15.9 Å². The predicted molar refractivity (Wildman–Crippen MR) is 129 cm³/mol. The van der Waals surface area contributed by atoms with Crippen molar-refractivity contribution in [3.8, 4) is 11.5 Å². The number of hydrogen-bond donors (Lipinski definition) is 2. The van der Waals surface area contributed by atoms with Gasteiger partial charge in [-0.25, -0.2) is 0 Å². The number of amides is 3. The fourth-order valence-electron chi connectivity index (χ4n) is 3.60. The highest BCUT2D eigenvalue weighted by Gasteiger charge is 2.31. The average molecular weight is 457 g/mol. The number of carbonyl (C=O) groups excluding carboxylic acids is 3. The zero-order chi connectivity index (χ0) is 24.1. The molecular weight excluding hydrogens is 434 g/mol. The number of fused-ring (bicyclic) bond motifs is 1. The summed E-state index contributed by atoms with van der Waals surface area (Å²) >= 11 is 0.